The van der Waals surface area contributed by atoms with Crippen molar-refractivity contribution in [2.24, 2.45) is 10.4 Å². The summed E-state index contributed by atoms with van der Waals surface area (Å²) in [6, 6.07) is 1.63. The van der Waals surface area contributed by atoms with E-state index >= 15 is 0 Å². The third-order valence-electron chi connectivity index (χ3n) is 0.682. The molecule has 0 spiro atoms. The molecule has 1 heterocycles. The normalized spacial score (nSPS) is 9.20. The molecule has 0 saturated heterocycles. The molecular formula is C4H3N4NaO. The smallest absolute Gasteiger partial charge is 0.775 e. The summed E-state index contributed by atoms with van der Waals surface area (Å²) in [5, 5.41) is 14.8. The molecule has 0 atom stereocenters. The van der Waals surface area contributed by atoms with E-state index in [1.165, 1.54) is 12.4 Å². The average molecular weight is 146 g/mol. The fraction of sp³-hybridized carbons (Fsp3) is 0. The van der Waals surface area contributed by atoms with Crippen molar-refractivity contribution in [3.05, 3.63) is 23.7 Å². The number of rotatable bonds is 1. The first-order valence-corrected chi connectivity index (χ1v) is 2.24. The van der Waals surface area contributed by atoms with Crippen LogP contribution in [0, 0.1) is 5.21 Å². The van der Waals surface area contributed by atoms with Gasteiger partial charge in [-0.25, -0.2) is 15.2 Å². The first kappa shape index (κ1) is 9.48. The summed E-state index contributed by atoms with van der Waals surface area (Å²) in [5.74, 6) is 0.0903. The SMILES string of the molecule is [Na+].[O-]N=Nc1ncccn1. The summed E-state index contributed by atoms with van der Waals surface area (Å²) in [5.41, 5.74) is 0. The maximum absolute atomic E-state index is 9.48. The first-order valence-electron chi connectivity index (χ1n) is 2.24. The van der Waals surface area contributed by atoms with Gasteiger partial charge in [-0.2, -0.15) is 0 Å². The summed E-state index contributed by atoms with van der Waals surface area (Å²) in [6.07, 6.45) is 2.97. The van der Waals surface area contributed by atoms with E-state index in [2.05, 4.69) is 20.4 Å². The molecule has 0 N–H and O–H groups in total. The van der Waals surface area contributed by atoms with Gasteiger partial charge in [-0.05, 0) is 6.07 Å². The fourth-order valence-corrected chi connectivity index (χ4v) is 0.379. The molecule has 0 aliphatic heterocycles. The molecule has 0 amide bonds. The van der Waals surface area contributed by atoms with Gasteiger partial charge in [0.2, 0.25) is 0 Å². The van der Waals surface area contributed by atoms with Gasteiger partial charge in [0.1, 0.15) is 0 Å². The van der Waals surface area contributed by atoms with E-state index in [1.54, 1.807) is 6.07 Å². The largest absolute Gasteiger partial charge is 1.00 e. The van der Waals surface area contributed by atoms with Crippen molar-refractivity contribution in [3.63, 3.8) is 0 Å². The van der Waals surface area contributed by atoms with Crippen LogP contribution < -0.4 is 29.6 Å². The van der Waals surface area contributed by atoms with Gasteiger partial charge in [-0.1, -0.05) is 0 Å². The molecule has 0 aliphatic carbocycles. The zero-order valence-corrected chi connectivity index (χ0v) is 7.43. The third kappa shape index (κ3) is 2.86. The van der Waals surface area contributed by atoms with Crippen LogP contribution >= 0.6 is 0 Å². The Labute approximate surface area is 79.5 Å². The monoisotopic (exact) mass is 146 g/mol. The molecule has 1 aromatic rings. The summed E-state index contributed by atoms with van der Waals surface area (Å²) in [4.78, 5) is 7.19. The average Bonchev–Trinajstić information content (AvgIpc) is 1.91. The van der Waals surface area contributed by atoms with E-state index < -0.39 is 0 Å². The maximum Gasteiger partial charge on any atom is 1.00 e. The third-order valence-corrected chi connectivity index (χ3v) is 0.682. The van der Waals surface area contributed by atoms with Gasteiger partial charge < -0.3 is 5.21 Å². The van der Waals surface area contributed by atoms with Crippen molar-refractivity contribution < 1.29 is 29.6 Å². The summed E-state index contributed by atoms with van der Waals surface area (Å²) in [7, 11) is 0. The second kappa shape index (κ2) is 5.28. The van der Waals surface area contributed by atoms with Crippen LogP contribution in [0.25, 0.3) is 0 Å². The van der Waals surface area contributed by atoms with Crippen LogP contribution in [0.3, 0.4) is 0 Å². The quantitative estimate of drug-likeness (QED) is 0.263. The summed E-state index contributed by atoms with van der Waals surface area (Å²) < 4.78 is 0. The van der Waals surface area contributed by atoms with Crippen molar-refractivity contribution in [1.82, 2.24) is 9.97 Å². The Balaban J connectivity index is 0.000000810. The first-order chi connectivity index (χ1) is 4.43. The van der Waals surface area contributed by atoms with Gasteiger partial charge in [-0.15, -0.1) is 5.11 Å². The van der Waals surface area contributed by atoms with Crippen LogP contribution in [0.4, 0.5) is 5.95 Å². The van der Waals surface area contributed by atoms with Gasteiger partial charge in [0.05, 0.1) is 0 Å². The molecule has 0 unspecified atom stereocenters. The van der Waals surface area contributed by atoms with Crippen LogP contribution in [0.1, 0.15) is 0 Å². The van der Waals surface area contributed by atoms with E-state index in [0.717, 1.165) is 0 Å². The minimum absolute atomic E-state index is 0. The molecule has 0 fully saturated rings. The van der Waals surface area contributed by atoms with Crippen LogP contribution in [-0.2, 0) is 0 Å². The minimum Gasteiger partial charge on any atom is -0.775 e. The molecule has 0 bridgehead atoms. The maximum atomic E-state index is 9.48. The molecule has 1 rings (SSSR count). The molecular weight excluding hydrogens is 143 g/mol. The molecule has 0 aromatic carbocycles. The topological polar surface area (TPSA) is 73.6 Å². The summed E-state index contributed by atoms with van der Waals surface area (Å²) in [6.45, 7) is 0. The number of hydrogen-bond acceptors (Lipinski definition) is 5. The minimum atomic E-state index is 0. The Hall–Kier alpha value is -0.520. The van der Waals surface area contributed by atoms with Gasteiger partial charge in [0, 0.05) is 12.4 Å². The Morgan fingerprint density at radius 2 is 1.90 bits per heavy atom. The Morgan fingerprint density at radius 1 is 1.30 bits per heavy atom. The van der Waals surface area contributed by atoms with Crippen LogP contribution in [0.2, 0.25) is 0 Å². The zero-order chi connectivity index (χ0) is 6.53. The second-order valence-corrected chi connectivity index (χ2v) is 1.23. The van der Waals surface area contributed by atoms with Gasteiger partial charge in [-0.3, -0.25) is 0 Å². The molecule has 5 nitrogen and oxygen atoms in total. The van der Waals surface area contributed by atoms with Crippen molar-refractivity contribution in [1.29, 1.82) is 0 Å². The van der Waals surface area contributed by atoms with Crippen LogP contribution in [-0.4, -0.2) is 9.97 Å². The number of nitrogens with zero attached hydrogens (tertiary/aromatic N) is 4. The molecule has 1 aromatic heterocycles. The second-order valence-electron chi connectivity index (χ2n) is 1.23. The Bertz CT molecular complexity index is 202. The Morgan fingerprint density at radius 3 is 2.40 bits per heavy atom. The molecule has 46 valence electrons. The molecule has 0 saturated carbocycles. The van der Waals surface area contributed by atoms with E-state index in [9.17, 15) is 5.21 Å². The number of hydrogen-bond donors (Lipinski definition) is 0. The zero-order valence-electron chi connectivity index (χ0n) is 5.43. The molecule has 10 heavy (non-hydrogen) atoms. The Kier molecular flexibility index (Phi) is 5.00. The van der Waals surface area contributed by atoms with Crippen molar-refractivity contribution in [2.45, 2.75) is 0 Å². The standard InChI is InChI=1S/C4H4N4O.Na/c9-8-7-4-5-2-1-3-6-4;/h1-3H,(H,5,6,7,9);/q;+1/p-1. The fourth-order valence-electron chi connectivity index (χ4n) is 0.379. The van der Waals surface area contributed by atoms with Crippen LogP contribution in [0.15, 0.2) is 28.9 Å². The van der Waals surface area contributed by atoms with Crippen molar-refractivity contribution >= 4 is 5.95 Å². The predicted octanol–water partition coefficient (Wildman–Crippen LogP) is -1.94. The predicted molar refractivity (Wildman–Crippen MR) is 29.9 cm³/mol. The van der Waals surface area contributed by atoms with Crippen LogP contribution in [0.5, 0.6) is 0 Å². The van der Waals surface area contributed by atoms with Gasteiger partial charge in [0.15, 0.2) is 0 Å². The van der Waals surface area contributed by atoms with E-state index in [-0.39, 0.29) is 35.5 Å². The molecule has 0 aliphatic rings. The van der Waals surface area contributed by atoms with E-state index in [0.29, 0.717) is 0 Å². The van der Waals surface area contributed by atoms with E-state index in [1.807, 2.05) is 0 Å². The van der Waals surface area contributed by atoms with Crippen molar-refractivity contribution in [2.75, 3.05) is 0 Å². The molecule has 6 heteroatoms. The van der Waals surface area contributed by atoms with E-state index in [4.69, 9.17) is 0 Å². The van der Waals surface area contributed by atoms with Gasteiger partial charge >= 0.3 is 29.6 Å². The molecule has 0 radical (unpaired) electrons. The number of aromatic nitrogens is 2. The van der Waals surface area contributed by atoms with Gasteiger partial charge in [0.25, 0.3) is 5.95 Å². The summed E-state index contributed by atoms with van der Waals surface area (Å²) >= 11 is 0. The van der Waals surface area contributed by atoms with Crippen molar-refractivity contribution in [3.8, 4) is 0 Å².